The molecule has 7 aromatic carbocycles. The summed E-state index contributed by atoms with van der Waals surface area (Å²) in [5, 5.41) is 2.26. The Labute approximate surface area is 257 Å². The summed E-state index contributed by atoms with van der Waals surface area (Å²) in [4.78, 5) is 2.30. The predicted octanol–water partition coefficient (Wildman–Crippen LogP) is 12.1. The minimum Gasteiger partial charge on any atom is -0.456 e. The average Bonchev–Trinajstić information content (AvgIpc) is 3.48. The van der Waals surface area contributed by atoms with Gasteiger partial charge in [-0.2, -0.15) is 0 Å². The molecule has 8 rings (SSSR count). The van der Waals surface area contributed by atoms with E-state index in [1.165, 1.54) is 33.4 Å². The molecule has 0 aliphatic carbocycles. The van der Waals surface area contributed by atoms with Crippen molar-refractivity contribution < 1.29 is 4.42 Å². The number of benzene rings is 7. The van der Waals surface area contributed by atoms with Crippen LogP contribution in [0.3, 0.4) is 0 Å². The summed E-state index contributed by atoms with van der Waals surface area (Å²) in [5.41, 5.74) is 12.2. The van der Waals surface area contributed by atoms with Gasteiger partial charge < -0.3 is 9.32 Å². The van der Waals surface area contributed by atoms with Crippen LogP contribution in [-0.2, 0) is 0 Å². The number of furan rings is 1. The van der Waals surface area contributed by atoms with E-state index in [9.17, 15) is 0 Å². The summed E-state index contributed by atoms with van der Waals surface area (Å²) in [7, 11) is 0. The maximum absolute atomic E-state index is 6.28. The van der Waals surface area contributed by atoms with E-state index in [0.29, 0.717) is 0 Å². The van der Waals surface area contributed by atoms with E-state index in [2.05, 4.69) is 169 Å². The Balaban J connectivity index is 1.18. The van der Waals surface area contributed by atoms with Crippen molar-refractivity contribution in [3.8, 4) is 33.4 Å². The number of rotatable bonds is 6. The Morgan fingerprint density at radius 3 is 1.20 bits per heavy atom. The molecule has 0 aliphatic heterocycles. The second-order valence-electron chi connectivity index (χ2n) is 11.0. The van der Waals surface area contributed by atoms with Crippen LogP contribution in [0.15, 0.2) is 180 Å². The Hall–Kier alpha value is -5.86. The van der Waals surface area contributed by atoms with Gasteiger partial charge in [-0.1, -0.05) is 127 Å². The molecule has 1 heterocycles. The topological polar surface area (TPSA) is 16.4 Å². The molecular formula is C42H29NO. The number of para-hydroxylation sites is 1. The lowest BCUT2D eigenvalue weighted by Crippen LogP contribution is -2.09. The molecule has 2 heteroatoms. The van der Waals surface area contributed by atoms with E-state index in [1.54, 1.807) is 0 Å². The molecule has 0 atom stereocenters. The Bertz CT molecular complexity index is 2180. The van der Waals surface area contributed by atoms with E-state index >= 15 is 0 Å². The molecule has 0 saturated carbocycles. The number of fused-ring (bicyclic) bond motifs is 3. The van der Waals surface area contributed by atoms with Crippen molar-refractivity contribution in [2.45, 2.75) is 0 Å². The van der Waals surface area contributed by atoms with E-state index in [4.69, 9.17) is 4.42 Å². The second kappa shape index (κ2) is 11.1. The molecule has 0 saturated heterocycles. The number of hydrogen-bond acceptors (Lipinski definition) is 2. The van der Waals surface area contributed by atoms with Crippen LogP contribution in [0.1, 0.15) is 0 Å². The van der Waals surface area contributed by atoms with Crippen LogP contribution in [-0.4, -0.2) is 0 Å². The van der Waals surface area contributed by atoms with Crippen molar-refractivity contribution >= 4 is 39.0 Å². The highest BCUT2D eigenvalue weighted by atomic mass is 16.3. The van der Waals surface area contributed by atoms with Crippen LogP contribution in [0.4, 0.5) is 17.1 Å². The second-order valence-corrected chi connectivity index (χ2v) is 11.0. The van der Waals surface area contributed by atoms with Crippen molar-refractivity contribution in [3.05, 3.63) is 176 Å². The van der Waals surface area contributed by atoms with Crippen molar-refractivity contribution in [1.82, 2.24) is 0 Å². The maximum atomic E-state index is 6.28. The minimum absolute atomic E-state index is 0.879. The van der Waals surface area contributed by atoms with Crippen LogP contribution in [0.25, 0.3) is 55.3 Å². The fourth-order valence-electron chi connectivity index (χ4n) is 6.02. The third-order valence-corrected chi connectivity index (χ3v) is 8.30. The molecule has 0 unspecified atom stereocenters. The first kappa shape index (κ1) is 25.8. The summed E-state index contributed by atoms with van der Waals surface area (Å²) < 4.78 is 6.28. The third-order valence-electron chi connectivity index (χ3n) is 8.30. The molecule has 0 bridgehead atoms. The molecule has 44 heavy (non-hydrogen) atoms. The monoisotopic (exact) mass is 563 g/mol. The number of hydrogen-bond donors (Lipinski definition) is 0. The van der Waals surface area contributed by atoms with Crippen molar-refractivity contribution in [1.29, 1.82) is 0 Å². The van der Waals surface area contributed by atoms with Crippen LogP contribution in [0.5, 0.6) is 0 Å². The van der Waals surface area contributed by atoms with Gasteiger partial charge in [0.05, 0.1) is 0 Å². The molecule has 0 amide bonds. The van der Waals surface area contributed by atoms with Gasteiger partial charge in [-0.15, -0.1) is 0 Å². The molecule has 0 spiro atoms. The van der Waals surface area contributed by atoms with Gasteiger partial charge in [0, 0.05) is 33.9 Å². The number of anilines is 3. The highest BCUT2D eigenvalue weighted by Crippen LogP contribution is 2.39. The molecule has 1 aromatic heterocycles. The van der Waals surface area contributed by atoms with Crippen LogP contribution in [0.2, 0.25) is 0 Å². The highest BCUT2D eigenvalue weighted by molar-refractivity contribution is 6.06. The van der Waals surface area contributed by atoms with E-state index in [-0.39, 0.29) is 0 Å². The number of nitrogens with zero attached hydrogens (tertiary/aromatic N) is 1. The smallest absolute Gasteiger partial charge is 0.137 e. The van der Waals surface area contributed by atoms with Crippen molar-refractivity contribution in [2.24, 2.45) is 0 Å². The van der Waals surface area contributed by atoms with Crippen LogP contribution < -0.4 is 4.90 Å². The van der Waals surface area contributed by atoms with Gasteiger partial charge >= 0.3 is 0 Å². The largest absolute Gasteiger partial charge is 0.456 e. The van der Waals surface area contributed by atoms with Crippen LogP contribution in [0, 0.1) is 0 Å². The first-order valence-corrected chi connectivity index (χ1v) is 14.9. The summed E-state index contributed by atoms with van der Waals surface area (Å²) >= 11 is 0. The SMILES string of the molecule is c1ccc(-c2ccc(-c3ccc(N(c4ccc(-c5ccccc5)cc4)c4ccc5c(c4)oc4ccccc45)cc3)cc2)cc1. The average molecular weight is 564 g/mol. The Morgan fingerprint density at radius 1 is 0.295 bits per heavy atom. The molecular weight excluding hydrogens is 534 g/mol. The van der Waals surface area contributed by atoms with Gasteiger partial charge in [0.1, 0.15) is 11.2 Å². The van der Waals surface area contributed by atoms with E-state index < -0.39 is 0 Å². The summed E-state index contributed by atoms with van der Waals surface area (Å²) in [6, 6.07) is 62.1. The minimum atomic E-state index is 0.879. The fourth-order valence-corrected chi connectivity index (χ4v) is 6.02. The van der Waals surface area contributed by atoms with Gasteiger partial charge in [-0.25, -0.2) is 0 Å². The normalized spacial score (nSPS) is 11.2. The lowest BCUT2D eigenvalue weighted by molar-refractivity contribution is 0.669. The van der Waals surface area contributed by atoms with Gasteiger partial charge in [-0.05, 0) is 75.8 Å². The maximum Gasteiger partial charge on any atom is 0.137 e. The first-order chi connectivity index (χ1) is 21.8. The zero-order valence-corrected chi connectivity index (χ0v) is 24.1. The molecule has 8 aromatic rings. The zero-order chi connectivity index (χ0) is 29.3. The van der Waals surface area contributed by atoms with Gasteiger partial charge in [-0.3, -0.25) is 0 Å². The highest BCUT2D eigenvalue weighted by Gasteiger charge is 2.16. The van der Waals surface area contributed by atoms with Crippen molar-refractivity contribution in [3.63, 3.8) is 0 Å². The van der Waals surface area contributed by atoms with Gasteiger partial charge in [0.15, 0.2) is 0 Å². The molecule has 0 fully saturated rings. The van der Waals surface area contributed by atoms with Gasteiger partial charge in [0.2, 0.25) is 0 Å². The van der Waals surface area contributed by atoms with Crippen molar-refractivity contribution in [2.75, 3.05) is 4.90 Å². The molecule has 2 nitrogen and oxygen atoms in total. The van der Waals surface area contributed by atoms with E-state index in [1.807, 2.05) is 12.1 Å². The lowest BCUT2D eigenvalue weighted by atomic mass is 10.00. The summed E-state index contributed by atoms with van der Waals surface area (Å²) in [6.45, 7) is 0. The zero-order valence-electron chi connectivity index (χ0n) is 24.1. The quantitative estimate of drug-likeness (QED) is 0.200. The third kappa shape index (κ3) is 4.83. The Kier molecular flexibility index (Phi) is 6.51. The van der Waals surface area contributed by atoms with E-state index in [0.717, 1.165) is 39.0 Å². The van der Waals surface area contributed by atoms with Crippen LogP contribution >= 0.6 is 0 Å². The van der Waals surface area contributed by atoms with Gasteiger partial charge in [0.25, 0.3) is 0 Å². The fraction of sp³-hybridized carbons (Fsp3) is 0. The first-order valence-electron chi connectivity index (χ1n) is 14.9. The summed E-state index contributed by atoms with van der Waals surface area (Å²) in [5.74, 6) is 0. The summed E-state index contributed by atoms with van der Waals surface area (Å²) in [6.07, 6.45) is 0. The molecule has 0 N–H and O–H groups in total. The molecule has 0 radical (unpaired) electrons. The Morgan fingerprint density at radius 2 is 0.682 bits per heavy atom. The predicted molar refractivity (Wildman–Crippen MR) is 185 cm³/mol. The molecule has 208 valence electrons. The lowest BCUT2D eigenvalue weighted by Gasteiger charge is -2.26. The standard InChI is InChI=1S/C42H29NO/c1-3-9-30(10-4-1)32-15-17-33(18-16-32)35-21-25-37(26-22-35)43(36-23-19-34(20-24-36)31-11-5-2-6-12-31)38-27-28-40-39-13-7-8-14-41(39)44-42(40)29-38/h1-29H. The molecule has 0 aliphatic rings.